The number of fused-ring (bicyclic) bond motifs is 1. The van der Waals surface area contributed by atoms with E-state index in [1.54, 1.807) is 24.8 Å². The molecule has 2 aromatic heterocycles. The average Bonchev–Trinajstić information content (AvgIpc) is 2.99. The Morgan fingerprint density at radius 1 is 1.13 bits per heavy atom. The van der Waals surface area contributed by atoms with Crippen molar-refractivity contribution < 1.29 is 4.74 Å². The lowest BCUT2D eigenvalue weighted by Gasteiger charge is -2.07. The Hall–Kier alpha value is -2.14. The Kier molecular flexibility index (Phi) is 5.08. The first-order valence-corrected chi connectivity index (χ1v) is 8.72. The fourth-order valence-electron chi connectivity index (χ4n) is 2.53. The number of nitrogens with zero attached hydrogens (tertiary/aromatic N) is 2. The van der Waals surface area contributed by atoms with E-state index in [4.69, 9.17) is 4.74 Å². The lowest BCUT2D eigenvalue weighted by molar-refractivity contribution is 0.414. The van der Waals surface area contributed by atoms with Crippen molar-refractivity contribution in [3.8, 4) is 5.75 Å². The van der Waals surface area contributed by atoms with Gasteiger partial charge in [0.2, 0.25) is 0 Å². The van der Waals surface area contributed by atoms with Crippen LogP contribution in [0.3, 0.4) is 0 Å². The highest BCUT2D eigenvalue weighted by atomic mass is 32.1. The van der Waals surface area contributed by atoms with Gasteiger partial charge in [0.1, 0.15) is 22.7 Å². The number of hydrogen-bond acceptors (Lipinski definition) is 5. The van der Waals surface area contributed by atoms with Gasteiger partial charge < -0.3 is 10.1 Å². The van der Waals surface area contributed by atoms with E-state index in [2.05, 4.69) is 40.4 Å². The van der Waals surface area contributed by atoms with E-state index < -0.39 is 0 Å². The minimum atomic E-state index is 0.845. The highest BCUT2D eigenvalue weighted by molar-refractivity contribution is 7.18. The first-order valence-electron chi connectivity index (χ1n) is 7.90. The van der Waals surface area contributed by atoms with Crippen LogP contribution in [0.1, 0.15) is 23.8 Å². The zero-order valence-corrected chi connectivity index (χ0v) is 14.3. The fraction of sp³-hybridized carbons (Fsp3) is 0.333. The smallest absolute Gasteiger partial charge is 0.138 e. The second-order valence-corrected chi connectivity index (χ2v) is 6.54. The van der Waals surface area contributed by atoms with Crippen molar-refractivity contribution in [2.24, 2.45) is 0 Å². The molecule has 0 saturated heterocycles. The second-order valence-electron chi connectivity index (χ2n) is 5.43. The molecule has 1 aromatic carbocycles. The van der Waals surface area contributed by atoms with E-state index in [0.29, 0.717) is 0 Å². The van der Waals surface area contributed by atoms with E-state index >= 15 is 0 Å². The maximum absolute atomic E-state index is 5.18. The summed E-state index contributed by atoms with van der Waals surface area (Å²) in [7, 11) is 1.69. The maximum atomic E-state index is 5.18. The van der Waals surface area contributed by atoms with Crippen molar-refractivity contribution in [2.75, 3.05) is 19.0 Å². The molecule has 3 rings (SSSR count). The normalized spacial score (nSPS) is 10.9. The molecular weight excluding hydrogens is 306 g/mol. The molecule has 0 aliphatic heterocycles. The summed E-state index contributed by atoms with van der Waals surface area (Å²) in [5.41, 5.74) is 1.28. The number of aromatic nitrogens is 2. The lowest BCUT2D eigenvalue weighted by Crippen LogP contribution is -2.06. The molecule has 3 aromatic rings. The number of benzene rings is 1. The molecule has 0 unspecified atom stereocenters. The number of ether oxygens (including phenoxy) is 1. The zero-order valence-electron chi connectivity index (χ0n) is 13.5. The van der Waals surface area contributed by atoms with Gasteiger partial charge in [0.05, 0.1) is 12.5 Å². The molecule has 5 heteroatoms. The second kappa shape index (κ2) is 7.42. The largest absolute Gasteiger partial charge is 0.497 e. The van der Waals surface area contributed by atoms with Crippen LogP contribution in [0.5, 0.6) is 5.75 Å². The van der Waals surface area contributed by atoms with Gasteiger partial charge in [0.15, 0.2) is 0 Å². The first-order chi connectivity index (χ1) is 11.3. The number of anilines is 1. The standard InChI is InChI=1S/C18H21N3OS/c1-3-4-15-11-16-17(20-12-21-18(16)23-15)19-10-9-13-5-7-14(22-2)8-6-13/h5-8,11-12H,3-4,9-10H2,1-2H3,(H,19,20,21). The molecule has 4 nitrogen and oxygen atoms in total. The third-order valence-electron chi connectivity index (χ3n) is 3.74. The fourth-order valence-corrected chi connectivity index (χ4v) is 3.63. The predicted octanol–water partition coefficient (Wildman–Crippen LogP) is 4.31. The van der Waals surface area contributed by atoms with E-state index in [0.717, 1.165) is 47.6 Å². The van der Waals surface area contributed by atoms with Crippen molar-refractivity contribution in [2.45, 2.75) is 26.2 Å². The molecule has 2 heterocycles. The van der Waals surface area contributed by atoms with Gasteiger partial charge in [-0.15, -0.1) is 11.3 Å². The van der Waals surface area contributed by atoms with Crippen molar-refractivity contribution in [1.82, 2.24) is 9.97 Å². The van der Waals surface area contributed by atoms with Crippen LogP contribution in [0.4, 0.5) is 5.82 Å². The summed E-state index contributed by atoms with van der Waals surface area (Å²) >= 11 is 1.76. The first kappa shape index (κ1) is 15.7. The van der Waals surface area contributed by atoms with E-state index in [1.807, 2.05) is 12.1 Å². The minimum absolute atomic E-state index is 0.845. The third kappa shape index (κ3) is 3.79. The van der Waals surface area contributed by atoms with Gasteiger partial charge in [-0.3, -0.25) is 0 Å². The highest BCUT2D eigenvalue weighted by Crippen LogP contribution is 2.28. The van der Waals surface area contributed by atoms with Crippen LogP contribution in [0.25, 0.3) is 10.2 Å². The van der Waals surface area contributed by atoms with Gasteiger partial charge in [-0.2, -0.15) is 0 Å². The summed E-state index contributed by atoms with van der Waals surface area (Å²) in [6.45, 7) is 3.04. The Morgan fingerprint density at radius 3 is 2.70 bits per heavy atom. The van der Waals surface area contributed by atoms with Gasteiger partial charge in [0, 0.05) is 11.4 Å². The van der Waals surface area contributed by atoms with E-state index in [9.17, 15) is 0 Å². The molecule has 0 aliphatic carbocycles. The number of methoxy groups -OCH3 is 1. The van der Waals surface area contributed by atoms with E-state index in [1.165, 1.54) is 10.4 Å². The van der Waals surface area contributed by atoms with Crippen molar-refractivity contribution in [3.63, 3.8) is 0 Å². The minimum Gasteiger partial charge on any atom is -0.497 e. The molecule has 120 valence electrons. The molecule has 0 fully saturated rings. The molecule has 0 bridgehead atoms. The van der Waals surface area contributed by atoms with Crippen molar-refractivity contribution >= 4 is 27.4 Å². The molecule has 0 atom stereocenters. The zero-order chi connectivity index (χ0) is 16.1. The quantitative estimate of drug-likeness (QED) is 0.702. The number of aryl methyl sites for hydroxylation is 1. The van der Waals surface area contributed by atoms with Crippen LogP contribution >= 0.6 is 11.3 Å². The molecule has 1 N–H and O–H groups in total. The van der Waals surface area contributed by atoms with Crippen LogP contribution in [-0.2, 0) is 12.8 Å². The number of thiophene rings is 1. The Balaban J connectivity index is 1.66. The Labute approximate surface area is 140 Å². The van der Waals surface area contributed by atoms with E-state index in [-0.39, 0.29) is 0 Å². The molecule has 23 heavy (non-hydrogen) atoms. The van der Waals surface area contributed by atoms with Crippen LogP contribution < -0.4 is 10.1 Å². The van der Waals surface area contributed by atoms with Crippen molar-refractivity contribution in [3.05, 3.63) is 47.1 Å². The van der Waals surface area contributed by atoms with Gasteiger partial charge >= 0.3 is 0 Å². The summed E-state index contributed by atoms with van der Waals surface area (Å²) in [5.74, 6) is 1.82. The van der Waals surface area contributed by atoms with Gasteiger partial charge in [0.25, 0.3) is 0 Å². The summed E-state index contributed by atoms with van der Waals surface area (Å²) in [6.07, 6.45) is 4.85. The Bertz CT molecular complexity index is 768. The SMILES string of the molecule is CCCc1cc2c(NCCc3ccc(OC)cc3)ncnc2s1. The third-order valence-corrected chi connectivity index (χ3v) is 4.84. The number of rotatable bonds is 7. The average molecular weight is 327 g/mol. The summed E-state index contributed by atoms with van der Waals surface area (Å²) in [6, 6.07) is 10.4. The number of hydrogen-bond donors (Lipinski definition) is 1. The van der Waals surface area contributed by atoms with Crippen LogP contribution in [0.2, 0.25) is 0 Å². The summed E-state index contributed by atoms with van der Waals surface area (Å²) in [5, 5.41) is 4.58. The lowest BCUT2D eigenvalue weighted by atomic mass is 10.1. The monoisotopic (exact) mass is 327 g/mol. The summed E-state index contributed by atoms with van der Waals surface area (Å²) in [4.78, 5) is 11.2. The van der Waals surface area contributed by atoms with Crippen molar-refractivity contribution in [1.29, 1.82) is 0 Å². The van der Waals surface area contributed by atoms with Gasteiger partial charge in [-0.05, 0) is 36.6 Å². The summed E-state index contributed by atoms with van der Waals surface area (Å²) < 4.78 is 5.18. The molecule has 0 spiro atoms. The Morgan fingerprint density at radius 2 is 1.96 bits per heavy atom. The van der Waals surface area contributed by atoms with Gasteiger partial charge in [-0.25, -0.2) is 9.97 Å². The predicted molar refractivity (Wildman–Crippen MR) is 96.6 cm³/mol. The molecule has 0 aliphatic rings. The highest BCUT2D eigenvalue weighted by Gasteiger charge is 2.08. The van der Waals surface area contributed by atoms with Gasteiger partial charge in [-0.1, -0.05) is 25.5 Å². The van der Waals surface area contributed by atoms with Crippen LogP contribution in [0, 0.1) is 0 Å². The number of nitrogens with one attached hydrogen (secondary N) is 1. The molecule has 0 radical (unpaired) electrons. The molecule has 0 amide bonds. The maximum Gasteiger partial charge on any atom is 0.138 e. The van der Waals surface area contributed by atoms with Crippen LogP contribution in [0.15, 0.2) is 36.7 Å². The molecular formula is C18H21N3OS. The topological polar surface area (TPSA) is 47.0 Å². The molecule has 0 saturated carbocycles. The van der Waals surface area contributed by atoms with Crippen LogP contribution in [-0.4, -0.2) is 23.6 Å².